The molecule has 0 aliphatic rings. The predicted octanol–water partition coefficient (Wildman–Crippen LogP) is 1.28. The van der Waals surface area contributed by atoms with Crippen molar-refractivity contribution in [3.05, 3.63) is 29.8 Å². The first-order valence-corrected chi connectivity index (χ1v) is 4.98. The summed E-state index contributed by atoms with van der Waals surface area (Å²) in [4.78, 5) is -0.122. The van der Waals surface area contributed by atoms with E-state index in [0.29, 0.717) is 0 Å². The van der Waals surface area contributed by atoms with Crippen molar-refractivity contribution in [1.29, 1.82) is 0 Å². The number of rotatable bonds is 2. The Morgan fingerprint density at radius 2 is 1.75 bits per heavy atom. The van der Waals surface area contributed by atoms with Gasteiger partial charge < -0.3 is 0 Å². The van der Waals surface area contributed by atoms with E-state index in [1.54, 1.807) is 0 Å². The fraction of sp³-hybridized carbons (Fsp3) is 0. The summed E-state index contributed by atoms with van der Waals surface area (Å²) in [7, 11) is -4.08. The van der Waals surface area contributed by atoms with Crippen LogP contribution in [0.2, 0.25) is 0 Å². The van der Waals surface area contributed by atoms with Crippen LogP contribution in [0.1, 0.15) is 5.56 Å². The Hall–Kier alpha value is -0.780. The van der Waals surface area contributed by atoms with E-state index in [1.807, 2.05) is 0 Å². The quantitative estimate of drug-likeness (QED) is 0.580. The minimum atomic E-state index is -4.08. The molecule has 0 unspecified atom stereocenters. The van der Waals surface area contributed by atoms with Crippen LogP contribution >= 0.6 is 12.2 Å². The van der Waals surface area contributed by atoms with Crippen LogP contribution in [-0.2, 0) is 10.1 Å². The van der Waals surface area contributed by atoms with Gasteiger partial charge in [0.15, 0.2) is 0 Å². The smallest absolute Gasteiger partial charge is 0.282 e. The average molecular weight is 202 g/mol. The maximum Gasteiger partial charge on any atom is 0.294 e. The van der Waals surface area contributed by atoms with Crippen molar-refractivity contribution in [3.8, 4) is 0 Å². The van der Waals surface area contributed by atoms with Crippen molar-refractivity contribution in [3.63, 3.8) is 0 Å². The summed E-state index contributed by atoms with van der Waals surface area (Å²) in [5.74, 6) is 0. The first-order chi connectivity index (χ1) is 5.54. The van der Waals surface area contributed by atoms with Crippen molar-refractivity contribution in [2.24, 2.45) is 0 Å². The maximum atomic E-state index is 10.6. The van der Waals surface area contributed by atoms with E-state index in [-0.39, 0.29) is 4.90 Å². The van der Waals surface area contributed by atoms with Crippen LogP contribution in [0.25, 0.3) is 0 Å². The topological polar surface area (TPSA) is 54.4 Å². The van der Waals surface area contributed by atoms with Crippen molar-refractivity contribution in [2.45, 2.75) is 4.90 Å². The lowest BCUT2D eigenvalue weighted by Gasteiger charge is -1.95. The monoisotopic (exact) mass is 202 g/mol. The molecule has 0 radical (unpaired) electrons. The summed E-state index contributed by atoms with van der Waals surface area (Å²) >= 11 is 4.62. The first-order valence-electron chi connectivity index (χ1n) is 3.07. The first kappa shape index (κ1) is 9.31. The van der Waals surface area contributed by atoms with Crippen LogP contribution in [0, 0.1) is 0 Å². The molecule has 0 fully saturated rings. The van der Waals surface area contributed by atoms with Crippen LogP contribution < -0.4 is 0 Å². The molecule has 1 rings (SSSR count). The summed E-state index contributed by atoms with van der Waals surface area (Å²) in [6, 6.07) is 5.65. The molecule has 0 amide bonds. The Morgan fingerprint density at radius 1 is 1.25 bits per heavy atom. The van der Waals surface area contributed by atoms with E-state index in [2.05, 4.69) is 12.2 Å². The molecular formula is C7H6O3S2. The maximum absolute atomic E-state index is 10.6. The molecule has 0 atom stereocenters. The van der Waals surface area contributed by atoms with Crippen molar-refractivity contribution < 1.29 is 13.0 Å². The van der Waals surface area contributed by atoms with Gasteiger partial charge in [-0.2, -0.15) is 8.42 Å². The van der Waals surface area contributed by atoms with Gasteiger partial charge in [0.05, 0.1) is 4.90 Å². The Kier molecular flexibility index (Phi) is 2.56. The van der Waals surface area contributed by atoms with Crippen LogP contribution in [0.4, 0.5) is 0 Å². The molecule has 0 aromatic heterocycles. The minimum absolute atomic E-state index is 0.122. The molecule has 5 heteroatoms. The number of thiocarbonyl (C=S) groups is 1. The van der Waals surface area contributed by atoms with Crippen molar-refractivity contribution in [1.82, 2.24) is 0 Å². The zero-order chi connectivity index (χ0) is 9.19. The second-order valence-corrected chi connectivity index (χ2v) is 3.82. The van der Waals surface area contributed by atoms with Crippen molar-refractivity contribution >= 4 is 27.7 Å². The van der Waals surface area contributed by atoms with E-state index < -0.39 is 10.1 Å². The lowest BCUT2D eigenvalue weighted by molar-refractivity contribution is 0.483. The number of hydrogen-bond donors (Lipinski definition) is 1. The van der Waals surface area contributed by atoms with E-state index in [9.17, 15) is 8.42 Å². The van der Waals surface area contributed by atoms with Crippen LogP contribution in [-0.4, -0.2) is 18.3 Å². The lowest BCUT2D eigenvalue weighted by Crippen LogP contribution is -1.97. The Morgan fingerprint density at radius 3 is 2.08 bits per heavy atom. The Balaban J connectivity index is 3.17. The summed E-state index contributed by atoms with van der Waals surface area (Å²) < 4.78 is 29.7. The van der Waals surface area contributed by atoms with Gasteiger partial charge in [-0.15, -0.1) is 0 Å². The van der Waals surface area contributed by atoms with Crippen LogP contribution in [0.3, 0.4) is 0 Å². The molecule has 0 aliphatic heterocycles. The van der Waals surface area contributed by atoms with Gasteiger partial charge in [-0.05, 0) is 17.7 Å². The molecule has 1 aromatic carbocycles. The van der Waals surface area contributed by atoms with Gasteiger partial charge in [-0.25, -0.2) is 0 Å². The molecule has 0 heterocycles. The number of benzene rings is 1. The zero-order valence-corrected chi connectivity index (χ0v) is 7.60. The minimum Gasteiger partial charge on any atom is -0.282 e. The lowest BCUT2D eigenvalue weighted by atomic mass is 10.2. The van der Waals surface area contributed by atoms with Crippen LogP contribution in [0.15, 0.2) is 29.2 Å². The van der Waals surface area contributed by atoms with E-state index in [0.717, 1.165) is 5.56 Å². The fourth-order valence-corrected chi connectivity index (χ4v) is 1.36. The molecule has 0 saturated heterocycles. The third-order valence-corrected chi connectivity index (χ3v) is 2.45. The van der Waals surface area contributed by atoms with E-state index >= 15 is 0 Å². The predicted molar refractivity (Wildman–Crippen MR) is 49.0 cm³/mol. The third kappa shape index (κ3) is 2.10. The summed E-state index contributed by atoms with van der Waals surface area (Å²) in [6.07, 6.45) is 0. The highest BCUT2D eigenvalue weighted by Gasteiger charge is 2.07. The Labute approximate surface area is 75.8 Å². The summed E-state index contributed by atoms with van der Waals surface area (Å²) in [5, 5.41) is 1.42. The largest absolute Gasteiger partial charge is 0.294 e. The van der Waals surface area contributed by atoms with Crippen LogP contribution in [0.5, 0.6) is 0 Å². The van der Waals surface area contributed by atoms with Gasteiger partial charge in [0, 0.05) is 5.37 Å². The van der Waals surface area contributed by atoms with Gasteiger partial charge in [0.1, 0.15) is 0 Å². The normalized spacial score (nSPS) is 11.1. The fourth-order valence-electron chi connectivity index (χ4n) is 0.718. The highest BCUT2D eigenvalue weighted by Crippen LogP contribution is 2.08. The average Bonchev–Trinajstić information content (AvgIpc) is 2.03. The highest BCUT2D eigenvalue weighted by atomic mass is 32.2. The molecular weight excluding hydrogens is 196 g/mol. The molecule has 64 valence electrons. The SMILES string of the molecule is O=S(=O)(O)c1ccc(C=S)cc1. The number of hydrogen-bond acceptors (Lipinski definition) is 3. The molecule has 1 N–H and O–H groups in total. The van der Waals surface area contributed by atoms with Gasteiger partial charge in [0.25, 0.3) is 10.1 Å². The summed E-state index contributed by atoms with van der Waals surface area (Å²) in [5.41, 5.74) is 0.734. The van der Waals surface area contributed by atoms with Gasteiger partial charge in [-0.3, -0.25) is 4.55 Å². The Bertz CT molecular complexity index is 378. The molecule has 0 bridgehead atoms. The van der Waals surface area contributed by atoms with Gasteiger partial charge in [0.2, 0.25) is 0 Å². The standard InChI is InChI=1S/C7H6O3S2/c8-12(9,10)7-3-1-6(5-11)2-4-7/h1-5H,(H,8,9,10). The molecule has 3 nitrogen and oxygen atoms in total. The zero-order valence-electron chi connectivity index (χ0n) is 5.97. The molecule has 0 saturated carbocycles. The molecule has 1 aromatic rings. The molecule has 12 heavy (non-hydrogen) atoms. The highest BCUT2D eigenvalue weighted by molar-refractivity contribution is 7.85. The molecule has 0 spiro atoms. The molecule has 0 aliphatic carbocycles. The van der Waals surface area contributed by atoms with Gasteiger partial charge in [-0.1, -0.05) is 24.4 Å². The van der Waals surface area contributed by atoms with Crippen molar-refractivity contribution in [2.75, 3.05) is 0 Å². The van der Waals surface area contributed by atoms with E-state index in [1.165, 1.54) is 29.6 Å². The van der Waals surface area contributed by atoms with E-state index in [4.69, 9.17) is 4.55 Å². The van der Waals surface area contributed by atoms with Gasteiger partial charge >= 0.3 is 0 Å². The second-order valence-electron chi connectivity index (χ2n) is 2.16. The third-order valence-electron chi connectivity index (χ3n) is 1.31. The summed E-state index contributed by atoms with van der Waals surface area (Å²) in [6.45, 7) is 0. The second kappa shape index (κ2) is 3.30.